The number of aldehydes is 1. The monoisotopic (exact) mass is 501 g/mol. The van der Waals surface area contributed by atoms with Crippen molar-refractivity contribution in [3.05, 3.63) is 40.7 Å². The van der Waals surface area contributed by atoms with Gasteiger partial charge in [-0.25, -0.2) is 14.0 Å². The van der Waals surface area contributed by atoms with Crippen LogP contribution in [0.1, 0.15) is 62.1 Å². The zero-order valence-electron chi connectivity index (χ0n) is 20.4. The molecule has 4 bridgehead atoms. The molecule has 0 aromatic heterocycles. The molecule has 0 unspecified atom stereocenters. The summed E-state index contributed by atoms with van der Waals surface area (Å²) >= 11 is 0. The van der Waals surface area contributed by atoms with E-state index >= 15 is 0 Å². The fourth-order valence-corrected chi connectivity index (χ4v) is 4.90. The van der Waals surface area contributed by atoms with Gasteiger partial charge in [0.05, 0.1) is 32.3 Å². The molecule has 1 aromatic carbocycles. The van der Waals surface area contributed by atoms with Crippen LogP contribution in [0, 0.1) is 5.82 Å². The number of halogens is 1. The minimum Gasteiger partial charge on any atom is -0.450 e. The molecule has 10 heteroatoms. The van der Waals surface area contributed by atoms with Crippen molar-refractivity contribution in [1.82, 2.24) is 15.1 Å². The average Bonchev–Trinajstić information content (AvgIpc) is 3.49. The Bertz CT molecular complexity index is 1040. The first-order valence-electron chi connectivity index (χ1n) is 12.5. The summed E-state index contributed by atoms with van der Waals surface area (Å²) in [4.78, 5) is 53.2. The lowest BCUT2D eigenvalue weighted by atomic mass is 10.0. The molecule has 0 aliphatic carbocycles. The standard InChI is InChI=1S/C26H32FN3O6/c1-2-3-8-23-24(32)30-13-19(12-18(30)16-31)36-26(34)29-14-20-17(9-10-22(27)21(20)15-29)7-5-4-6-11-35-25(33)28-23/h5,7,9-10,16,18-19,23H,2-4,6,8,11-15H2,1H3,(H,28,33)/b7-5+/t18-,19+,23-/m0/s1. The second-order valence-electron chi connectivity index (χ2n) is 9.40. The summed E-state index contributed by atoms with van der Waals surface area (Å²) < 4.78 is 25.4. The largest absolute Gasteiger partial charge is 0.450 e. The van der Waals surface area contributed by atoms with Gasteiger partial charge >= 0.3 is 12.2 Å². The summed E-state index contributed by atoms with van der Waals surface area (Å²) in [6, 6.07) is 1.45. The van der Waals surface area contributed by atoms with Gasteiger partial charge in [-0.15, -0.1) is 0 Å². The molecule has 9 nitrogen and oxygen atoms in total. The molecule has 3 aliphatic heterocycles. The second kappa shape index (κ2) is 11.5. The molecule has 36 heavy (non-hydrogen) atoms. The number of amides is 3. The zero-order chi connectivity index (χ0) is 25.7. The first-order chi connectivity index (χ1) is 17.4. The fraction of sp³-hybridized carbons (Fsp3) is 0.538. The predicted molar refractivity (Wildman–Crippen MR) is 128 cm³/mol. The molecule has 3 aliphatic rings. The van der Waals surface area contributed by atoms with Gasteiger partial charge < -0.3 is 24.5 Å². The number of nitrogens with zero attached hydrogens (tertiary/aromatic N) is 2. The molecule has 1 saturated heterocycles. The van der Waals surface area contributed by atoms with E-state index in [1.807, 2.05) is 19.1 Å². The third-order valence-corrected chi connectivity index (χ3v) is 6.86. The Balaban J connectivity index is 1.57. The van der Waals surface area contributed by atoms with E-state index in [-0.39, 0.29) is 38.5 Å². The molecule has 194 valence electrons. The van der Waals surface area contributed by atoms with Crippen molar-refractivity contribution in [3.8, 4) is 0 Å². The average molecular weight is 502 g/mol. The Hall–Kier alpha value is -3.43. The van der Waals surface area contributed by atoms with E-state index < -0.39 is 36.3 Å². The van der Waals surface area contributed by atoms with E-state index in [4.69, 9.17) is 9.47 Å². The van der Waals surface area contributed by atoms with E-state index in [9.17, 15) is 23.6 Å². The van der Waals surface area contributed by atoms with E-state index in [1.54, 1.807) is 6.07 Å². The summed E-state index contributed by atoms with van der Waals surface area (Å²) in [5.74, 6) is -0.784. The number of carbonyl (C=O) groups excluding carboxylic acids is 4. The number of hydrogen-bond acceptors (Lipinski definition) is 6. The summed E-state index contributed by atoms with van der Waals surface area (Å²) in [7, 11) is 0. The molecule has 4 rings (SSSR count). The van der Waals surface area contributed by atoms with Crippen molar-refractivity contribution in [3.63, 3.8) is 0 Å². The smallest absolute Gasteiger partial charge is 0.410 e. The van der Waals surface area contributed by atoms with Crippen LogP contribution in [0.2, 0.25) is 0 Å². The van der Waals surface area contributed by atoms with Crippen molar-refractivity contribution in [2.75, 3.05) is 13.2 Å². The Kier molecular flexibility index (Phi) is 8.22. The number of rotatable bonds is 4. The number of fused-ring (bicyclic) bond motifs is 3. The third-order valence-electron chi connectivity index (χ3n) is 6.86. The second-order valence-corrected chi connectivity index (χ2v) is 9.40. The first kappa shape index (κ1) is 25.7. The van der Waals surface area contributed by atoms with E-state index in [0.717, 1.165) is 17.5 Å². The topological polar surface area (TPSA) is 105 Å². The minimum absolute atomic E-state index is 0.0382. The molecule has 1 aromatic rings. The lowest BCUT2D eigenvalue weighted by Gasteiger charge is -2.26. The number of nitrogens with one attached hydrogen (secondary N) is 1. The van der Waals surface area contributed by atoms with Gasteiger partial charge in [-0.2, -0.15) is 0 Å². The summed E-state index contributed by atoms with van der Waals surface area (Å²) in [6.45, 7) is 2.48. The van der Waals surface area contributed by atoms with Crippen LogP contribution in [-0.4, -0.2) is 65.5 Å². The van der Waals surface area contributed by atoms with Crippen LogP contribution in [0.4, 0.5) is 14.0 Å². The predicted octanol–water partition coefficient (Wildman–Crippen LogP) is 3.54. The normalized spacial score (nSPS) is 25.8. The van der Waals surface area contributed by atoms with Gasteiger partial charge in [0.25, 0.3) is 0 Å². The van der Waals surface area contributed by atoms with Crippen molar-refractivity contribution >= 4 is 30.5 Å². The van der Waals surface area contributed by atoms with Gasteiger partial charge in [0, 0.05) is 12.0 Å². The Morgan fingerprint density at radius 1 is 1.19 bits per heavy atom. The van der Waals surface area contributed by atoms with Crippen molar-refractivity contribution in [2.24, 2.45) is 0 Å². The van der Waals surface area contributed by atoms with Gasteiger partial charge in [-0.05, 0) is 36.5 Å². The van der Waals surface area contributed by atoms with Crippen LogP contribution < -0.4 is 5.32 Å². The Morgan fingerprint density at radius 3 is 2.78 bits per heavy atom. The number of unbranched alkanes of at least 4 members (excludes halogenated alkanes) is 1. The number of ether oxygens (including phenoxy) is 2. The van der Waals surface area contributed by atoms with Crippen LogP contribution in [0.15, 0.2) is 18.2 Å². The molecule has 0 spiro atoms. The van der Waals surface area contributed by atoms with Crippen LogP contribution in [0.5, 0.6) is 0 Å². The SMILES string of the molecule is CCCC[C@@H]1NC(=O)OCCC/C=C/c2ccc(F)c3c2CN(C3)C(=O)O[C@@H]2C[C@@H](C=O)N(C2)C1=O. The molecule has 0 saturated carbocycles. The van der Waals surface area contributed by atoms with E-state index in [1.165, 1.54) is 15.9 Å². The summed E-state index contributed by atoms with van der Waals surface area (Å²) in [5, 5.41) is 2.65. The van der Waals surface area contributed by atoms with Gasteiger partial charge in [0.2, 0.25) is 5.91 Å². The van der Waals surface area contributed by atoms with Crippen LogP contribution in [0.25, 0.3) is 6.08 Å². The van der Waals surface area contributed by atoms with Gasteiger partial charge in [0.1, 0.15) is 24.2 Å². The number of allylic oxidation sites excluding steroid dienone is 1. The number of hydrogen-bond donors (Lipinski definition) is 1. The molecule has 3 amide bonds. The summed E-state index contributed by atoms with van der Waals surface area (Å²) in [6.07, 6.45) is 5.75. The highest BCUT2D eigenvalue weighted by atomic mass is 19.1. The molecular formula is C26H32FN3O6. The van der Waals surface area contributed by atoms with Gasteiger partial charge in [0.15, 0.2) is 0 Å². The molecule has 0 radical (unpaired) electrons. The van der Waals surface area contributed by atoms with E-state index in [2.05, 4.69) is 5.32 Å². The first-order valence-corrected chi connectivity index (χ1v) is 12.5. The van der Waals surface area contributed by atoms with Crippen LogP contribution in [0.3, 0.4) is 0 Å². The van der Waals surface area contributed by atoms with Crippen molar-refractivity contribution in [1.29, 1.82) is 0 Å². The quantitative estimate of drug-likeness (QED) is 0.633. The maximum Gasteiger partial charge on any atom is 0.410 e. The molecule has 3 heterocycles. The number of benzene rings is 1. The lowest BCUT2D eigenvalue weighted by molar-refractivity contribution is -0.136. The minimum atomic E-state index is -0.843. The van der Waals surface area contributed by atoms with Gasteiger partial charge in [-0.3, -0.25) is 9.69 Å². The lowest BCUT2D eigenvalue weighted by Crippen LogP contribution is -2.50. The highest BCUT2D eigenvalue weighted by Gasteiger charge is 2.41. The number of carbonyl (C=O) groups is 4. The fourth-order valence-electron chi connectivity index (χ4n) is 4.90. The molecular weight excluding hydrogens is 469 g/mol. The zero-order valence-corrected chi connectivity index (χ0v) is 20.4. The number of cyclic esters (lactones) is 1. The van der Waals surface area contributed by atoms with Crippen molar-refractivity contribution < 1.29 is 33.0 Å². The molecule has 1 fully saturated rings. The van der Waals surface area contributed by atoms with E-state index in [0.29, 0.717) is 37.5 Å². The van der Waals surface area contributed by atoms with Crippen LogP contribution >= 0.6 is 0 Å². The highest BCUT2D eigenvalue weighted by molar-refractivity contribution is 5.88. The third kappa shape index (κ3) is 5.68. The Labute approximate surface area is 209 Å². The van der Waals surface area contributed by atoms with Crippen molar-refractivity contribution in [2.45, 2.75) is 76.7 Å². The highest BCUT2D eigenvalue weighted by Crippen LogP contribution is 2.31. The number of alkyl carbamates (subject to hydrolysis) is 1. The molecule has 1 N–H and O–H groups in total. The Morgan fingerprint density at radius 2 is 2.00 bits per heavy atom. The molecule has 3 atom stereocenters. The maximum absolute atomic E-state index is 14.5. The van der Waals surface area contributed by atoms with Crippen LogP contribution in [-0.2, 0) is 32.2 Å². The van der Waals surface area contributed by atoms with Gasteiger partial charge in [-0.1, -0.05) is 38.0 Å². The maximum atomic E-state index is 14.5. The summed E-state index contributed by atoms with van der Waals surface area (Å²) in [5.41, 5.74) is 2.00.